The van der Waals surface area contributed by atoms with Crippen molar-refractivity contribution in [1.82, 2.24) is 10.3 Å². The van der Waals surface area contributed by atoms with E-state index in [-0.39, 0.29) is 6.42 Å². The van der Waals surface area contributed by atoms with Gasteiger partial charge in [0.05, 0.1) is 0 Å². The third kappa shape index (κ3) is 2.43. The van der Waals surface area contributed by atoms with Crippen molar-refractivity contribution in [1.29, 1.82) is 0 Å². The number of alkyl halides is 3. The number of rotatable bonds is 2. The maximum absolute atomic E-state index is 12.8. The molecule has 0 aromatic carbocycles. The van der Waals surface area contributed by atoms with Crippen molar-refractivity contribution in [2.24, 2.45) is 4.99 Å². The Morgan fingerprint density at radius 1 is 1.45 bits per heavy atom. The average Bonchev–Trinajstić information content (AvgIpc) is 2.46. The number of nitrogens with zero attached hydrogens (tertiary/aromatic N) is 2. The Balaban J connectivity index is 2.58. The van der Waals surface area contributed by atoms with Crippen LogP contribution in [-0.2, 0) is 10.2 Å². The summed E-state index contributed by atoms with van der Waals surface area (Å²) in [7, 11) is 1.38. The number of hydrogen-bond acceptors (Lipinski definition) is 3. The van der Waals surface area contributed by atoms with Gasteiger partial charge in [0.1, 0.15) is 11.1 Å². The Kier molecular flexibility index (Phi) is 3.61. The fraction of sp³-hybridized carbons (Fsp3) is 0.308. The topological polar surface area (TPSA) is 54.4 Å². The Labute approximate surface area is 113 Å². The van der Waals surface area contributed by atoms with E-state index in [0.29, 0.717) is 5.56 Å². The molecule has 4 nitrogen and oxygen atoms in total. The second-order valence-corrected chi connectivity index (χ2v) is 4.34. The van der Waals surface area contributed by atoms with Crippen LogP contribution in [0.1, 0.15) is 12.0 Å². The molecule has 1 atom stereocenters. The molecule has 1 aromatic heterocycles. The van der Waals surface area contributed by atoms with Gasteiger partial charge in [-0.25, -0.2) is 0 Å². The van der Waals surface area contributed by atoms with Crippen LogP contribution in [0.25, 0.3) is 0 Å². The maximum atomic E-state index is 12.8. The van der Waals surface area contributed by atoms with Crippen LogP contribution in [0.2, 0.25) is 0 Å². The maximum Gasteiger partial charge on any atom is 0.433 e. The number of carbonyl (C=O) groups excluding carboxylic acids is 1. The Morgan fingerprint density at radius 3 is 2.75 bits per heavy atom. The van der Waals surface area contributed by atoms with Gasteiger partial charge in [-0.1, -0.05) is 6.07 Å². The van der Waals surface area contributed by atoms with Gasteiger partial charge in [-0.2, -0.15) is 13.2 Å². The summed E-state index contributed by atoms with van der Waals surface area (Å²) in [5.41, 5.74) is -2.11. The van der Waals surface area contributed by atoms with Crippen LogP contribution in [-0.4, -0.2) is 30.3 Å². The summed E-state index contributed by atoms with van der Waals surface area (Å²) in [6, 6.07) is 3.15. The lowest BCUT2D eigenvalue weighted by Crippen LogP contribution is -2.44. The predicted molar refractivity (Wildman–Crippen MR) is 67.2 cm³/mol. The summed E-state index contributed by atoms with van der Waals surface area (Å²) in [6.07, 6.45) is 0.315. The zero-order valence-electron chi connectivity index (χ0n) is 10.6. The molecule has 0 aliphatic carbocycles. The molecule has 7 heteroatoms. The minimum Gasteiger partial charge on any atom is -0.358 e. The largest absolute Gasteiger partial charge is 0.433 e. The molecule has 1 aliphatic rings. The third-order valence-corrected chi connectivity index (χ3v) is 3.13. The number of halogens is 3. The van der Waals surface area contributed by atoms with E-state index in [0.717, 1.165) is 12.3 Å². The van der Waals surface area contributed by atoms with Gasteiger partial charge < -0.3 is 5.32 Å². The zero-order valence-corrected chi connectivity index (χ0v) is 10.6. The first-order valence-corrected chi connectivity index (χ1v) is 5.85. The van der Waals surface area contributed by atoms with Crippen LogP contribution in [0.5, 0.6) is 0 Å². The van der Waals surface area contributed by atoms with Crippen LogP contribution >= 0.6 is 0 Å². The number of allylic oxidation sites excluding steroid dienone is 1. The number of likely N-dealkylation sites (N-methyl/N-ethyl adjacent to an activating group) is 1. The van der Waals surface area contributed by atoms with Gasteiger partial charge in [0.25, 0.3) is 0 Å². The van der Waals surface area contributed by atoms with Crippen LogP contribution in [0, 0.1) is 0 Å². The zero-order chi connectivity index (χ0) is 14.8. The number of aromatic nitrogens is 1. The lowest BCUT2D eigenvalue weighted by Gasteiger charge is -2.30. The lowest BCUT2D eigenvalue weighted by atomic mass is 9.76. The number of amides is 1. The lowest BCUT2D eigenvalue weighted by molar-refractivity contribution is -0.124. The van der Waals surface area contributed by atoms with Crippen molar-refractivity contribution in [3.8, 4) is 0 Å². The van der Waals surface area contributed by atoms with E-state index in [9.17, 15) is 18.0 Å². The highest BCUT2D eigenvalue weighted by Gasteiger charge is 2.44. The summed E-state index contributed by atoms with van der Waals surface area (Å²) in [4.78, 5) is 19.4. The monoisotopic (exact) mass is 283 g/mol. The minimum atomic E-state index is -4.60. The number of pyridine rings is 1. The molecule has 2 rings (SSSR count). The first kappa shape index (κ1) is 14.2. The summed E-state index contributed by atoms with van der Waals surface area (Å²) < 4.78 is 38.5. The highest BCUT2D eigenvalue weighted by Crippen LogP contribution is 2.38. The molecule has 1 N–H and O–H groups in total. The fourth-order valence-corrected chi connectivity index (χ4v) is 2.11. The van der Waals surface area contributed by atoms with E-state index >= 15 is 0 Å². The molecule has 1 unspecified atom stereocenters. The van der Waals surface area contributed by atoms with Gasteiger partial charge >= 0.3 is 6.18 Å². The number of hydrogen-bond donors (Lipinski definition) is 1. The predicted octanol–water partition coefficient (Wildman–Crippen LogP) is 1.99. The van der Waals surface area contributed by atoms with E-state index < -0.39 is 23.2 Å². The normalized spacial score (nSPS) is 22.3. The molecule has 106 valence electrons. The first-order chi connectivity index (χ1) is 9.40. The Bertz CT molecular complexity index is 566. The second kappa shape index (κ2) is 5.07. The van der Waals surface area contributed by atoms with Gasteiger partial charge in [-0.15, -0.1) is 0 Å². The molecule has 20 heavy (non-hydrogen) atoms. The molecular formula is C13H12F3N3O. The fourth-order valence-electron chi connectivity index (χ4n) is 2.11. The molecule has 1 aromatic rings. The van der Waals surface area contributed by atoms with Gasteiger partial charge in [0.2, 0.25) is 5.91 Å². The molecule has 2 heterocycles. The van der Waals surface area contributed by atoms with Crippen molar-refractivity contribution < 1.29 is 18.0 Å². The first-order valence-electron chi connectivity index (χ1n) is 5.85. The quantitative estimate of drug-likeness (QED) is 0.902. The van der Waals surface area contributed by atoms with Crippen molar-refractivity contribution in [3.05, 3.63) is 41.9 Å². The van der Waals surface area contributed by atoms with Crippen molar-refractivity contribution in [2.75, 3.05) is 7.05 Å². The van der Waals surface area contributed by atoms with E-state index in [2.05, 4.69) is 15.3 Å². The van der Waals surface area contributed by atoms with Crippen molar-refractivity contribution in [2.45, 2.75) is 18.0 Å². The van der Waals surface area contributed by atoms with Gasteiger partial charge in [0, 0.05) is 32.1 Å². The van der Waals surface area contributed by atoms with Crippen molar-refractivity contribution in [3.63, 3.8) is 0 Å². The Morgan fingerprint density at radius 2 is 2.20 bits per heavy atom. The van der Waals surface area contributed by atoms with Crippen LogP contribution in [0.4, 0.5) is 13.2 Å². The molecule has 0 saturated heterocycles. The Hall–Kier alpha value is -2.18. The summed E-state index contributed by atoms with van der Waals surface area (Å²) in [5.74, 6) is -0.529. The second-order valence-electron chi connectivity index (χ2n) is 4.34. The van der Waals surface area contributed by atoms with E-state index in [1.165, 1.54) is 19.4 Å². The van der Waals surface area contributed by atoms with Gasteiger partial charge in [-0.05, 0) is 17.7 Å². The smallest absolute Gasteiger partial charge is 0.358 e. The van der Waals surface area contributed by atoms with Gasteiger partial charge in [0.15, 0.2) is 0 Å². The van der Waals surface area contributed by atoms with E-state index in [4.69, 9.17) is 0 Å². The third-order valence-electron chi connectivity index (χ3n) is 3.13. The molecular weight excluding hydrogens is 271 g/mol. The molecule has 0 spiro atoms. The molecule has 0 bridgehead atoms. The van der Waals surface area contributed by atoms with Crippen LogP contribution < -0.4 is 5.32 Å². The highest BCUT2D eigenvalue weighted by atomic mass is 19.4. The minimum absolute atomic E-state index is 0.0535. The van der Waals surface area contributed by atoms with Crippen molar-refractivity contribution >= 4 is 12.1 Å². The van der Waals surface area contributed by atoms with Crippen LogP contribution in [0.3, 0.4) is 0 Å². The van der Waals surface area contributed by atoms with E-state index in [1.807, 2.05) is 0 Å². The summed E-state index contributed by atoms with van der Waals surface area (Å²) in [6.45, 7) is 0. The number of aliphatic imine (C=N–C) groups is 1. The number of nitrogens with one attached hydrogen (secondary N) is 1. The molecule has 1 amide bonds. The molecule has 0 saturated carbocycles. The highest BCUT2D eigenvalue weighted by molar-refractivity contribution is 5.94. The summed E-state index contributed by atoms with van der Waals surface area (Å²) >= 11 is 0. The molecule has 0 radical (unpaired) electrons. The number of carbonyl (C=O) groups is 1. The standard InChI is InChI=1S/C13H12F3N3O/c1-17-11(20)12(9-3-2-5-18-8-9)4-6-19-10(7-12)13(14,15)16/h2-3,5-8H,4H2,1H3,(H,17,20). The summed E-state index contributed by atoms with van der Waals surface area (Å²) in [5, 5.41) is 2.41. The SMILES string of the molecule is CNC(=O)C1(c2cccnc2)C=C(C(F)(F)F)N=CC1. The van der Waals surface area contributed by atoms with Crippen LogP contribution in [0.15, 0.2) is 41.3 Å². The molecule has 1 aliphatic heterocycles. The van der Waals surface area contributed by atoms with Gasteiger partial charge in [-0.3, -0.25) is 14.8 Å². The van der Waals surface area contributed by atoms with E-state index in [1.54, 1.807) is 12.1 Å². The molecule has 0 fully saturated rings. The average molecular weight is 283 g/mol.